The first kappa shape index (κ1) is 15.2. The van der Waals surface area contributed by atoms with Crippen LogP contribution in [-0.2, 0) is 0 Å². The third-order valence-electron chi connectivity index (χ3n) is 3.25. The van der Waals surface area contributed by atoms with E-state index in [1.54, 1.807) is 19.1 Å². The van der Waals surface area contributed by atoms with Gasteiger partial charge in [0.05, 0.1) is 16.5 Å². The van der Waals surface area contributed by atoms with Gasteiger partial charge in [-0.3, -0.25) is 9.59 Å². The molecule has 0 aliphatic carbocycles. The smallest absolute Gasteiger partial charge is 0.258 e. The molecular weight excluding hydrogens is 321 g/mol. The number of amides is 1. The molecule has 0 unspecified atom stereocenters. The molecule has 1 amide bonds. The van der Waals surface area contributed by atoms with E-state index in [0.717, 1.165) is 6.07 Å². The van der Waals surface area contributed by atoms with Gasteiger partial charge in [-0.15, -0.1) is 0 Å². The number of nitrogens with zero attached hydrogens (tertiary/aromatic N) is 1. The number of hydrogen-bond donors (Lipinski definition) is 2. The van der Waals surface area contributed by atoms with Gasteiger partial charge in [-0.05, 0) is 43.3 Å². The first-order chi connectivity index (χ1) is 10.9. The van der Waals surface area contributed by atoms with Crippen molar-refractivity contribution in [3.8, 4) is 0 Å². The second-order valence-corrected chi connectivity index (χ2v) is 5.40. The molecule has 0 spiro atoms. The SMILES string of the molecule is Cc1nc2ccc(NC(=O)c3cc(Cl)ccc3F)cc2c(=O)[nH]1. The molecule has 0 bridgehead atoms. The van der Waals surface area contributed by atoms with Crippen LogP contribution in [0.2, 0.25) is 5.02 Å². The van der Waals surface area contributed by atoms with Gasteiger partial charge in [0.15, 0.2) is 0 Å². The molecule has 3 aromatic rings. The predicted octanol–water partition coefficient (Wildman–Crippen LogP) is 3.28. The molecule has 2 N–H and O–H groups in total. The van der Waals surface area contributed by atoms with Crippen LogP contribution in [0.15, 0.2) is 41.2 Å². The number of carbonyl (C=O) groups is 1. The zero-order valence-corrected chi connectivity index (χ0v) is 12.7. The van der Waals surface area contributed by atoms with Crippen molar-refractivity contribution in [3.63, 3.8) is 0 Å². The van der Waals surface area contributed by atoms with Crippen LogP contribution in [0.4, 0.5) is 10.1 Å². The Balaban J connectivity index is 1.97. The number of aryl methyl sites for hydroxylation is 1. The van der Waals surface area contributed by atoms with E-state index >= 15 is 0 Å². The van der Waals surface area contributed by atoms with Crippen LogP contribution >= 0.6 is 11.6 Å². The summed E-state index contributed by atoms with van der Waals surface area (Å²) in [4.78, 5) is 30.9. The fraction of sp³-hybridized carbons (Fsp3) is 0.0625. The summed E-state index contributed by atoms with van der Waals surface area (Å²) in [7, 11) is 0. The first-order valence-corrected chi connectivity index (χ1v) is 7.09. The summed E-state index contributed by atoms with van der Waals surface area (Å²) in [5.74, 6) is -0.830. The maximum Gasteiger partial charge on any atom is 0.258 e. The van der Waals surface area contributed by atoms with E-state index in [0.29, 0.717) is 22.4 Å². The molecule has 0 radical (unpaired) electrons. The standard InChI is InChI=1S/C16H11ClFN3O2/c1-8-19-14-5-3-10(7-12(14)16(23)20-8)21-15(22)11-6-9(17)2-4-13(11)18/h2-7H,1H3,(H,21,22)(H,19,20,23). The number of nitrogens with one attached hydrogen (secondary N) is 2. The number of aromatic amines is 1. The molecule has 0 atom stereocenters. The summed E-state index contributed by atoms with van der Waals surface area (Å²) in [5.41, 5.74) is 0.391. The second-order valence-electron chi connectivity index (χ2n) is 4.96. The maximum atomic E-state index is 13.7. The lowest BCUT2D eigenvalue weighted by molar-refractivity contribution is 0.102. The number of anilines is 1. The number of fused-ring (bicyclic) bond motifs is 1. The highest BCUT2D eigenvalue weighted by Gasteiger charge is 2.13. The monoisotopic (exact) mass is 331 g/mol. The summed E-state index contributed by atoms with van der Waals surface area (Å²) in [6, 6.07) is 8.41. The van der Waals surface area contributed by atoms with Gasteiger partial charge in [-0.2, -0.15) is 0 Å². The van der Waals surface area contributed by atoms with Gasteiger partial charge in [-0.25, -0.2) is 9.37 Å². The van der Waals surface area contributed by atoms with Gasteiger partial charge in [0, 0.05) is 10.7 Å². The largest absolute Gasteiger partial charge is 0.322 e. The van der Waals surface area contributed by atoms with Crippen LogP contribution in [0, 0.1) is 12.7 Å². The highest BCUT2D eigenvalue weighted by molar-refractivity contribution is 6.31. The van der Waals surface area contributed by atoms with E-state index in [1.807, 2.05) is 0 Å². The van der Waals surface area contributed by atoms with Gasteiger partial charge < -0.3 is 10.3 Å². The second kappa shape index (κ2) is 5.81. The zero-order chi connectivity index (χ0) is 16.6. The van der Waals surface area contributed by atoms with Crippen LogP contribution in [0.5, 0.6) is 0 Å². The Kier molecular flexibility index (Phi) is 3.83. The molecule has 0 fully saturated rings. The van der Waals surface area contributed by atoms with Gasteiger partial charge in [0.25, 0.3) is 11.5 Å². The van der Waals surface area contributed by atoms with Gasteiger partial charge >= 0.3 is 0 Å². The number of hydrogen-bond acceptors (Lipinski definition) is 3. The van der Waals surface area contributed by atoms with Gasteiger partial charge in [0.1, 0.15) is 11.6 Å². The van der Waals surface area contributed by atoms with E-state index in [2.05, 4.69) is 15.3 Å². The number of benzene rings is 2. The van der Waals surface area contributed by atoms with Crippen molar-refractivity contribution >= 4 is 34.1 Å². The molecule has 0 saturated carbocycles. The lowest BCUT2D eigenvalue weighted by Crippen LogP contribution is -2.15. The quantitative estimate of drug-likeness (QED) is 0.756. The number of rotatable bonds is 2. The minimum atomic E-state index is -0.678. The van der Waals surface area contributed by atoms with E-state index < -0.39 is 11.7 Å². The van der Waals surface area contributed by atoms with E-state index in [9.17, 15) is 14.0 Å². The Morgan fingerprint density at radius 1 is 1.26 bits per heavy atom. The summed E-state index contributed by atoms with van der Waals surface area (Å²) >= 11 is 5.78. The number of halogens is 2. The van der Waals surface area contributed by atoms with Crippen LogP contribution in [-0.4, -0.2) is 15.9 Å². The lowest BCUT2D eigenvalue weighted by Gasteiger charge is -2.07. The molecule has 7 heteroatoms. The van der Waals surface area contributed by atoms with E-state index in [1.165, 1.54) is 18.2 Å². The van der Waals surface area contributed by atoms with Crippen molar-refractivity contribution in [3.05, 3.63) is 69.0 Å². The average Bonchev–Trinajstić information content (AvgIpc) is 2.50. The molecule has 23 heavy (non-hydrogen) atoms. The fourth-order valence-electron chi connectivity index (χ4n) is 2.20. The molecular formula is C16H11ClFN3O2. The Morgan fingerprint density at radius 2 is 2.04 bits per heavy atom. The summed E-state index contributed by atoms with van der Waals surface area (Å²) in [6.45, 7) is 1.68. The van der Waals surface area contributed by atoms with Crippen LogP contribution in [0.3, 0.4) is 0 Å². The van der Waals surface area contributed by atoms with Gasteiger partial charge in [-0.1, -0.05) is 11.6 Å². The minimum absolute atomic E-state index is 0.173. The molecule has 3 rings (SSSR count). The molecule has 0 aliphatic rings. The van der Waals surface area contributed by atoms with Crippen molar-refractivity contribution in [1.29, 1.82) is 0 Å². The Hall–Kier alpha value is -2.73. The molecule has 2 aromatic carbocycles. The topological polar surface area (TPSA) is 74.8 Å². The van der Waals surface area contributed by atoms with E-state index in [4.69, 9.17) is 11.6 Å². The summed E-state index contributed by atoms with van der Waals surface area (Å²) in [5, 5.41) is 3.13. The zero-order valence-electron chi connectivity index (χ0n) is 12.0. The number of carbonyl (C=O) groups excluding carboxylic acids is 1. The first-order valence-electron chi connectivity index (χ1n) is 6.71. The van der Waals surface area contributed by atoms with Gasteiger partial charge in [0.2, 0.25) is 0 Å². The van der Waals surface area contributed by atoms with E-state index in [-0.39, 0.29) is 16.1 Å². The normalized spacial score (nSPS) is 10.7. The highest BCUT2D eigenvalue weighted by Crippen LogP contribution is 2.19. The molecule has 116 valence electrons. The van der Waals surface area contributed by atoms with Crippen molar-refractivity contribution < 1.29 is 9.18 Å². The Labute approximate surface area is 135 Å². The molecule has 5 nitrogen and oxygen atoms in total. The number of H-pyrrole nitrogens is 1. The summed E-state index contributed by atoms with van der Waals surface area (Å²) in [6.07, 6.45) is 0. The summed E-state index contributed by atoms with van der Waals surface area (Å²) < 4.78 is 13.7. The predicted molar refractivity (Wildman–Crippen MR) is 86.5 cm³/mol. The lowest BCUT2D eigenvalue weighted by atomic mass is 10.1. The average molecular weight is 332 g/mol. The molecule has 1 heterocycles. The Morgan fingerprint density at radius 3 is 2.83 bits per heavy atom. The van der Waals surface area contributed by atoms with Crippen molar-refractivity contribution in [2.24, 2.45) is 0 Å². The molecule has 0 saturated heterocycles. The third-order valence-corrected chi connectivity index (χ3v) is 3.49. The highest BCUT2D eigenvalue weighted by atomic mass is 35.5. The van der Waals surface area contributed by atoms with Crippen LogP contribution < -0.4 is 10.9 Å². The fourth-order valence-corrected chi connectivity index (χ4v) is 2.38. The van der Waals surface area contributed by atoms with Crippen molar-refractivity contribution in [2.45, 2.75) is 6.92 Å². The molecule has 1 aromatic heterocycles. The van der Waals surface area contributed by atoms with Crippen molar-refractivity contribution in [1.82, 2.24) is 9.97 Å². The molecule has 0 aliphatic heterocycles. The minimum Gasteiger partial charge on any atom is -0.322 e. The van der Waals surface area contributed by atoms with Crippen LogP contribution in [0.1, 0.15) is 16.2 Å². The van der Waals surface area contributed by atoms with Crippen LogP contribution in [0.25, 0.3) is 10.9 Å². The number of aromatic nitrogens is 2. The Bertz CT molecular complexity index is 985. The third kappa shape index (κ3) is 3.07. The van der Waals surface area contributed by atoms with Crippen molar-refractivity contribution in [2.75, 3.05) is 5.32 Å². The maximum absolute atomic E-state index is 13.7.